The van der Waals surface area contributed by atoms with Crippen LogP contribution >= 0.6 is 0 Å². The van der Waals surface area contributed by atoms with E-state index in [1.165, 1.54) is 24.0 Å². The zero-order valence-electron chi connectivity index (χ0n) is 18.0. The summed E-state index contributed by atoms with van der Waals surface area (Å²) in [5, 5.41) is 0. The van der Waals surface area contributed by atoms with E-state index in [1.807, 2.05) is 40.7 Å². The first-order valence-corrected chi connectivity index (χ1v) is 10.6. The Morgan fingerprint density at radius 3 is 2.48 bits per heavy atom. The van der Waals surface area contributed by atoms with Gasteiger partial charge in [-0.1, -0.05) is 12.1 Å². The fraction of sp³-hybridized carbons (Fsp3) is 0.696. The number of benzene rings is 1. The molecule has 3 aliphatic rings. The molecule has 6 heteroatoms. The van der Waals surface area contributed by atoms with E-state index in [0.29, 0.717) is 6.42 Å². The smallest absolute Gasteiger partial charge is 0.487 e. The minimum absolute atomic E-state index is 0.248. The maximum atomic E-state index is 12.2. The van der Waals surface area contributed by atoms with Crippen molar-refractivity contribution in [3.05, 3.63) is 29.3 Å². The fourth-order valence-corrected chi connectivity index (χ4v) is 4.54. The molecule has 6 nitrogen and oxygen atoms in total. The molecule has 0 unspecified atom stereocenters. The largest absolute Gasteiger partial charge is 0.509 e. The highest BCUT2D eigenvalue weighted by atomic mass is 16.8. The molecule has 0 N–H and O–H groups in total. The lowest BCUT2D eigenvalue weighted by molar-refractivity contribution is -0.172. The Morgan fingerprint density at radius 2 is 1.76 bits per heavy atom. The van der Waals surface area contributed by atoms with E-state index in [0.717, 1.165) is 18.6 Å². The summed E-state index contributed by atoms with van der Waals surface area (Å²) in [6.07, 6.45) is 2.97. The van der Waals surface area contributed by atoms with Gasteiger partial charge in [0.25, 0.3) is 0 Å². The van der Waals surface area contributed by atoms with Gasteiger partial charge < -0.3 is 23.7 Å². The molecule has 4 atom stereocenters. The van der Waals surface area contributed by atoms with Crippen LogP contribution in [0.1, 0.15) is 65.0 Å². The van der Waals surface area contributed by atoms with E-state index in [-0.39, 0.29) is 18.3 Å². The maximum absolute atomic E-state index is 12.2. The molecule has 1 aromatic rings. The summed E-state index contributed by atoms with van der Waals surface area (Å²) in [6, 6.07) is 6.27. The van der Waals surface area contributed by atoms with Crippen LogP contribution in [0.25, 0.3) is 0 Å². The predicted molar refractivity (Wildman–Crippen MR) is 107 cm³/mol. The summed E-state index contributed by atoms with van der Waals surface area (Å²) < 4.78 is 29.6. The molecule has 0 aromatic heterocycles. The highest BCUT2D eigenvalue weighted by molar-refractivity contribution is 5.61. The van der Waals surface area contributed by atoms with Crippen molar-refractivity contribution < 1.29 is 28.5 Å². The molecule has 1 aromatic carbocycles. The number of hydrogen-bond acceptors (Lipinski definition) is 6. The lowest BCUT2D eigenvalue weighted by Gasteiger charge is -2.26. The van der Waals surface area contributed by atoms with E-state index in [4.69, 9.17) is 23.7 Å². The van der Waals surface area contributed by atoms with Crippen molar-refractivity contribution in [2.75, 3.05) is 0 Å². The zero-order valence-corrected chi connectivity index (χ0v) is 18.0. The van der Waals surface area contributed by atoms with Crippen LogP contribution in [0.5, 0.6) is 5.75 Å². The minimum Gasteiger partial charge on any atom is -0.487 e. The molecule has 0 spiro atoms. The van der Waals surface area contributed by atoms with Crippen molar-refractivity contribution in [3.8, 4) is 5.75 Å². The van der Waals surface area contributed by atoms with Crippen LogP contribution in [-0.2, 0) is 31.8 Å². The van der Waals surface area contributed by atoms with Gasteiger partial charge in [-0.15, -0.1) is 0 Å². The molecule has 4 rings (SSSR count). The Morgan fingerprint density at radius 1 is 1.07 bits per heavy atom. The monoisotopic (exact) mass is 404 g/mol. The molecule has 160 valence electrons. The van der Waals surface area contributed by atoms with Gasteiger partial charge in [0.05, 0.1) is 0 Å². The first kappa shape index (κ1) is 20.5. The third-order valence-corrected chi connectivity index (χ3v) is 5.63. The molecule has 0 radical (unpaired) electrons. The van der Waals surface area contributed by atoms with E-state index in [9.17, 15) is 4.79 Å². The molecule has 1 saturated heterocycles. The average molecular weight is 405 g/mol. The van der Waals surface area contributed by atoms with Gasteiger partial charge in [-0.2, -0.15) is 0 Å². The van der Waals surface area contributed by atoms with Crippen molar-refractivity contribution in [2.45, 2.75) is 103 Å². The van der Waals surface area contributed by atoms with Crippen LogP contribution in [-0.4, -0.2) is 42.0 Å². The Hall–Kier alpha value is -1.79. The van der Waals surface area contributed by atoms with Crippen molar-refractivity contribution >= 4 is 6.16 Å². The summed E-state index contributed by atoms with van der Waals surface area (Å²) in [5.41, 5.74) is 2.05. The molecule has 2 fully saturated rings. The molecular weight excluding hydrogens is 372 g/mol. The number of fused-ring (bicyclic) bond motifs is 2. The lowest BCUT2D eigenvalue weighted by atomic mass is 9.91. The van der Waals surface area contributed by atoms with E-state index >= 15 is 0 Å². The van der Waals surface area contributed by atoms with Gasteiger partial charge in [0.15, 0.2) is 5.79 Å². The van der Waals surface area contributed by atoms with Crippen molar-refractivity contribution in [2.24, 2.45) is 0 Å². The Kier molecular flexibility index (Phi) is 5.28. The van der Waals surface area contributed by atoms with Crippen molar-refractivity contribution in [1.82, 2.24) is 0 Å². The Labute approximate surface area is 172 Å². The number of rotatable bonds is 3. The number of hydrogen-bond donors (Lipinski definition) is 0. The Balaban J connectivity index is 1.51. The summed E-state index contributed by atoms with van der Waals surface area (Å²) in [4.78, 5) is 12.2. The quantitative estimate of drug-likeness (QED) is 0.689. The Bertz CT molecular complexity index is 765. The third-order valence-electron chi connectivity index (χ3n) is 5.63. The van der Waals surface area contributed by atoms with Crippen LogP contribution in [0.2, 0.25) is 0 Å². The van der Waals surface area contributed by atoms with Gasteiger partial charge >= 0.3 is 6.16 Å². The SMILES string of the molecule is CC(C)(C)OC(=O)O[C@@H]1C[C@H](Oc2cccc3c2CCCC3)[C@H]2OC(C)(C)O[C@H]21. The summed E-state index contributed by atoms with van der Waals surface area (Å²) in [6.45, 7) is 9.19. The second kappa shape index (κ2) is 7.47. The van der Waals surface area contributed by atoms with Crippen molar-refractivity contribution in [1.29, 1.82) is 0 Å². The molecule has 29 heavy (non-hydrogen) atoms. The lowest BCUT2D eigenvalue weighted by Crippen LogP contribution is -2.35. The summed E-state index contributed by atoms with van der Waals surface area (Å²) in [7, 11) is 0. The number of carbonyl (C=O) groups excluding carboxylic acids is 1. The molecule has 0 bridgehead atoms. The van der Waals surface area contributed by atoms with Gasteiger partial charge in [0.2, 0.25) is 0 Å². The first-order valence-electron chi connectivity index (χ1n) is 10.6. The second-order valence-corrected chi connectivity index (χ2v) is 9.68. The van der Waals surface area contributed by atoms with E-state index in [2.05, 4.69) is 12.1 Å². The number of carbonyl (C=O) groups is 1. The highest BCUT2D eigenvalue weighted by Crippen LogP contribution is 2.42. The van der Waals surface area contributed by atoms with Crippen LogP contribution in [0, 0.1) is 0 Å². The maximum Gasteiger partial charge on any atom is 0.509 e. The van der Waals surface area contributed by atoms with Gasteiger partial charge in [-0.05, 0) is 77.5 Å². The summed E-state index contributed by atoms with van der Waals surface area (Å²) in [5.74, 6) is 0.167. The van der Waals surface area contributed by atoms with Crippen LogP contribution in [0.3, 0.4) is 0 Å². The molecule has 1 aliphatic heterocycles. The molecule has 1 heterocycles. The standard InChI is InChI=1S/C23H32O6/c1-22(2,3)29-21(24)26-18-13-17(19-20(18)28-23(4,5)27-19)25-16-12-8-10-14-9-6-7-11-15(14)16/h8,10,12,17-20H,6-7,9,11,13H2,1-5H3/t17-,18+,19+,20-/m0/s1. The van der Waals surface area contributed by atoms with Crippen LogP contribution < -0.4 is 4.74 Å². The molecular formula is C23H32O6. The van der Waals surface area contributed by atoms with E-state index in [1.54, 1.807) is 0 Å². The summed E-state index contributed by atoms with van der Waals surface area (Å²) >= 11 is 0. The van der Waals surface area contributed by atoms with Gasteiger partial charge in [0.1, 0.15) is 35.8 Å². The van der Waals surface area contributed by atoms with Crippen molar-refractivity contribution in [3.63, 3.8) is 0 Å². The average Bonchev–Trinajstić information content (AvgIpc) is 3.08. The topological polar surface area (TPSA) is 63.2 Å². The van der Waals surface area contributed by atoms with Gasteiger partial charge in [-0.3, -0.25) is 0 Å². The molecule has 1 saturated carbocycles. The van der Waals surface area contributed by atoms with Gasteiger partial charge in [-0.25, -0.2) is 4.79 Å². The molecule has 2 aliphatic carbocycles. The minimum atomic E-state index is -0.747. The number of aryl methyl sites for hydroxylation is 1. The van der Waals surface area contributed by atoms with E-state index < -0.39 is 23.6 Å². The van der Waals surface area contributed by atoms with Gasteiger partial charge in [0, 0.05) is 6.42 Å². The first-order chi connectivity index (χ1) is 13.6. The second-order valence-electron chi connectivity index (χ2n) is 9.68. The molecule has 0 amide bonds. The van der Waals surface area contributed by atoms with Crippen LogP contribution in [0.15, 0.2) is 18.2 Å². The number of ether oxygens (including phenoxy) is 5. The third kappa shape index (κ3) is 4.53. The zero-order chi connectivity index (χ0) is 20.8. The highest BCUT2D eigenvalue weighted by Gasteiger charge is 2.57. The normalized spacial score (nSPS) is 30.4. The predicted octanol–water partition coefficient (Wildman–Crippen LogP) is 4.56. The van der Waals surface area contributed by atoms with Crippen LogP contribution in [0.4, 0.5) is 4.79 Å². The fourth-order valence-electron chi connectivity index (χ4n) is 4.54.